The van der Waals surface area contributed by atoms with Crippen molar-refractivity contribution in [2.24, 2.45) is 4.99 Å². The Morgan fingerprint density at radius 1 is 1.22 bits per heavy atom. The van der Waals surface area contributed by atoms with E-state index in [1.807, 2.05) is 6.07 Å². The second-order valence-electron chi connectivity index (χ2n) is 5.08. The first-order chi connectivity index (χ1) is 12.5. The van der Waals surface area contributed by atoms with Crippen molar-refractivity contribution in [2.75, 3.05) is 14.2 Å². The first-order valence-electron chi connectivity index (χ1n) is 7.69. The van der Waals surface area contributed by atoms with Crippen molar-refractivity contribution in [1.29, 1.82) is 0 Å². The number of methoxy groups -OCH3 is 1. The Morgan fingerprint density at radius 3 is 2.56 bits per heavy atom. The van der Waals surface area contributed by atoms with E-state index in [4.69, 9.17) is 16.3 Å². The first kappa shape index (κ1) is 23.2. The highest BCUT2D eigenvalue weighted by molar-refractivity contribution is 14.0. The maximum Gasteiger partial charge on any atom is 0.387 e. The van der Waals surface area contributed by atoms with E-state index in [0.29, 0.717) is 29.0 Å². The molecule has 0 unspecified atom stereocenters. The number of hydrogen-bond donors (Lipinski definition) is 2. The van der Waals surface area contributed by atoms with Gasteiger partial charge in [0.2, 0.25) is 5.88 Å². The molecule has 0 fully saturated rings. The number of aliphatic imine (C=N–C) groups is 1. The molecule has 2 N–H and O–H groups in total. The van der Waals surface area contributed by atoms with E-state index >= 15 is 0 Å². The van der Waals surface area contributed by atoms with E-state index in [1.54, 1.807) is 32.5 Å². The van der Waals surface area contributed by atoms with Crippen molar-refractivity contribution in [1.82, 2.24) is 15.6 Å². The quantitative estimate of drug-likeness (QED) is 0.335. The molecule has 0 aliphatic heterocycles. The second kappa shape index (κ2) is 11.8. The maximum absolute atomic E-state index is 12.5. The lowest BCUT2D eigenvalue weighted by atomic mass is 10.2. The van der Waals surface area contributed by atoms with Crippen LogP contribution in [0.15, 0.2) is 41.5 Å². The number of halogens is 4. The van der Waals surface area contributed by atoms with Gasteiger partial charge in [0, 0.05) is 42.5 Å². The van der Waals surface area contributed by atoms with Crippen LogP contribution in [-0.2, 0) is 13.1 Å². The van der Waals surface area contributed by atoms with Crippen LogP contribution in [0.2, 0.25) is 5.02 Å². The fourth-order valence-corrected chi connectivity index (χ4v) is 2.41. The summed E-state index contributed by atoms with van der Waals surface area (Å²) in [5, 5.41) is 6.55. The van der Waals surface area contributed by atoms with Crippen LogP contribution in [0, 0.1) is 0 Å². The predicted molar refractivity (Wildman–Crippen MR) is 111 cm³/mol. The summed E-state index contributed by atoms with van der Waals surface area (Å²) in [6, 6.07) is 8.13. The van der Waals surface area contributed by atoms with Crippen LogP contribution in [0.25, 0.3) is 0 Å². The summed E-state index contributed by atoms with van der Waals surface area (Å²) >= 11 is 5.94. The van der Waals surface area contributed by atoms with Crippen LogP contribution >= 0.6 is 35.6 Å². The summed E-state index contributed by atoms with van der Waals surface area (Å²) in [6.07, 6.45) is 1.64. The van der Waals surface area contributed by atoms with Gasteiger partial charge in [-0.25, -0.2) is 4.98 Å². The molecule has 148 valence electrons. The van der Waals surface area contributed by atoms with E-state index < -0.39 is 6.61 Å². The standard InChI is InChI=1S/C17H19ClF2N4O2.HI/c1-21-17(23-9-11-4-3-7-22-15(11)25-2)24-10-12-8-13(18)5-6-14(12)26-16(19)20;/h3-8,16H,9-10H2,1-2H3,(H2,21,23,24);1H. The highest BCUT2D eigenvalue weighted by Crippen LogP contribution is 2.24. The van der Waals surface area contributed by atoms with Gasteiger partial charge in [-0.05, 0) is 24.3 Å². The fourth-order valence-electron chi connectivity index (χ4n) is 2.22. The zero-order valence-electron chi connectivity index (χ0n) is 14.7. The molecule has 0 bridgehead atoms. The topological polar surface area (TPSA) is 67.8 Å². The van der Waals surface area contributed by atoms with Crippen molar-refractivity contribution in [3.63, 3.8) is 0 Å². The zero-order valence-corrected chi connectivity index (χ0v) is 17.8. The number of hydrogen-bond acceptors (Lipinski definition) is 4. The van der Waals surface area contributed by atoms with Crippen molar-refractivity contribution in [3.8, 4) is 11.6 Å². The predicted octanol–water partition coefficient (Wildman–Crippen LogP) is 3.83. The Balaban J connectivity index is 0.00000364. The van der Waals surface area contributed by atoms with Gasteiger partial charge in [0.1, 0.15) is 5.75 Å². The summed E-state index contributed by atoms with van der Waals surface area (Å²) in [4.78, 5) is 8.22. The summed E-state index contributed by atoms with van der Waals surface area (Å²) in [6.45, 7) is -2.29. The number of nitrogens with zero attached hydrogens (tertiary/aromatic N) is 2. The minimum absolute atomic E-state index is 0. The van der Waals surface area contributed by atoms with E-state index in [-0.39, 0.29) is 36.3 Å². The zero-order chi connectivity index (χ0) is 18.9. The van der Waals surface area contributed by atoms with E-state index in [0.717, 1.165) is 5.56 Å². The van der Waals surface area contributed by atoms with Gasteiger partial charge in [0.15, 0.2) is 5.96 Å². The molecule has 10 heteroatoms. The lowest BCUT2D eigenvalue weighted by Gasteiger charge is -2.15. The number of benzene rings is 1. The van der Waals surface area contributed by atoms with Crippen LogP contribution in [0.1, 0.15) is 11.1 Å². The average molecular weight is 513 g/mol. The highest BCUT2D eigenvalue weighted by atomic mass is 127. The second-order valence-corrected chi connectivity index (χ2v) is 5.52. The lowest BCUT2D eigenvalue weighted by Crippen LogP contribution is -2.36. The van der Waals surface area contributed by atoms with Crippen LogP contribution in [-0.4, -0.2) is 31.7 Å². The Labute approximate surface area is 178 Å². The van der Waals surface area contributed by atoms with Crippen LogP contribution in [0.4, 0.5) is 8.78 Å². The van der Waals surface area contributed by atoms with Gasteiger partial charge < -0.3 is 20.1 Å². The lowest BCUT2D eigenvalue weighted by molar-refractivity contribution is -0.0504. The normalized spacial score (nSPS) is 11.0. The molecule has 1 aromatic heterocycles. The van der Waals surface area contributed by atoms with Crippen molar-refractivity contribution >= 4 is 41.5 Å². The Kier molecular flexibility index (Phi) is 10.1. The van der Waals surface area contributed by atoms with Gasteiger partial charge >= 0.3 is 6.61 Å². The molecule has 1 aromatic carbocycles. The van der Waals surface area contributed by atoms with Crippen molar-refractivity contribution < 1.29 is 18.3 Å². The average Bonchev–Trinajstić information content (AvgIpc) is 2.63. The minimum Gasteiger partial charge on any atom is -0.481 e. The first-order valence-corrected chi connectivity index (χ1v) is 8.07. The van der Waals surface area contributed by atoms with Crippen LogP contribution in [0.5, 0.6) is 11.6 Å². The van der Waals surface area contributed by atoms with Gasteiger partial charge in [-0.3, -0.25) is 4.99 Å². The Hall–Kier alpha value is -1.88. The van der Waals surface area contributed by atoms with Gasteiger partial charge in [0.05, 0.1) is 7.11 Å². The van der Waals surface area contributed by atoms with Gasteiger partial charge in [-0.15, -0.1) is 24.0 Å². The van der Waals surface area contributed by atoms with E-state index in [2.05, 4.69) is 25.3 Å². The molecule has 0 amide bonds. The number of guanidine groups is 1. The molecular formula is C17H20ClF2IN4O2. The molecule has 0 aliphatic carbocycles. The fraction of sp³-hybridized carbons (Fsp3) is 0.294. The number of alkyl halides is 2. The minimum atomic E-state index is -2.91. The van der Waals surface area contributed by atoms with Gasteiger partial charge in [0.25, 0.3) is 0 Å². The van der Waals surface area contributed by atoms with Crippen molar-refractivity contribution in [3.05, 3.63) is 52.7 Å². The third-order valence-corrected chi connectivity index (χ3v) is 3.63. The smallest absolute Gasteiger partial charge is 0.387 e. The highest BCUT2D eigenvalue weighted by Gasteiger charge is 2.11. The molecular weight excluding hydrogens is 493 g/mol. The van der Waals surface area contributed by atoms with E-state index in [1.165, 1.54) is 12.1 Å². The molecule has 0 radical (unpaired) electrons. The number of aromatic nitrogens is 1. The number of pyridine rings is 1. The molecule has 0 aliphatic rings. The molecule has 2 rings (SSSR count). The van der Waals surface area contributed by atoms with E-state index in [9.17, 15) is 8.78 Å². The summed E-state index contributed by atoms with van der Waals surface area (Å²) in [5.74, 6) is 1.04. The summed E-state index contributed by atoms with van der Waals surface area (Å²) in [7, 11) is 3.15. The van der Waals surface area contributed by atoms with Crippen molar-refractivity contribution in [2.45, 2.75) is 19.7 Å². The molecule has 0 spiro atoms. The molecule has 0 atom stereocenters. The molecule has 0 saturated carbocycles. The molecule has 2 aromatic rings. The Morgan fingerprint density at radius 2 is 1.93 bits per heavy atom. The molecule has 27 heavy (non-hydrogen) atoms. The molecule has 1 heterocycles. The third kappa shape index (κ3) is 7.33. The maximum atomic E-state index is 12.5. The van der Waals surface area contributed by atoms with Gasteiger partial charge in [-0.1, -0.05) is 17.7 Å². The van der Waals surface area contributed by atoms with Crippen LogP contribution < -0.4 is 20.1 Å². The summed E-state index contributed by atoms with van der Waals surface area (Å²) in [5.41, 5.74) is 1.34. The summed E-state index contributed by atoms with van der Waals surface area (Å²) < 4.78 is 34.7. The molecule has 0 saturated heterocycles. The SMILES string of the molecule is CN=C(NCc1cc(Cl)ccc1OC(F)F)NCc1cccnc1OC.I. The van der Waals surface area contributed by atoms with Gasteiger partial charge in [-0.2, -0.15) is 8.78 Å². The third-order valence-electron chi connectivity index (χ3n) is 3.40. The largest absolute Gasteiger partial charge is 0.481 e. The number of rotatable bonds is 7. The number of ether oxygens (including phenoxy) is 2. The monoisotopic (exact) mass is 512 g/mol. The number of nitrogens with one attached hydrogen (secondary N) is 2. The molecule has 6 nitrogen and oxygen atoms in total. The Bertz CT molecular complexity index is 765. The van der Waals surface area contributed by atoms with Crippen LogP contribution in [0.3, 0.4) is 0 Å².